The summed E-state index contributed by atoms with van der Waals surface area (Å²) in [6, 6.07) is 12.8. The number of ether oxygens (including phenoxy) is 2. The smallest absolute Gasteiger partial charge is 0.306 e. The fraction of sp³-hybridized carbons (Fsp3) is 0.250. The lowest BCUT2D eigenvalue weighted by Crippen LogP contribution is -2.23. The molecule has 112 valence electrons. The SMILES string of the molecule is COc1ccc(CBr)c(OCC(F)(F)c2ccccc2)c1. The second-order valence-corrected chi connectivity index (χ2v) is 5.03. The van der Waals surface area contributed by atoms with E-state index in [9.17, 15) is 8.78 Å². The fourth-order valence-electron chi connectivity index (χ4n) is 1.84. The zero-order valence-corrected chi connectivity index (χ0v) is 13.1. The molecule has 0 heterocycles. The highest BCUT2D eigenvalue weighted by atomic mass is 79.9. The molecule has 0 spiro atoms. The average Bonchev–Trinajstić information content (AvgIpc) is 2.53. The molecule has 0 aliphatic rings. The minimum atomic E-state index is -3.05. The van der Waals surface area contributed by atoms with Gasteiger partial charge in [-0.1, -0.05) is 52.3 Å². The van der Waals surface area contributed by atoms with Crippen molar-refractivity contribution in [3.63, 3.8) is 0 Å². The third-order valence-electron chi connectivity index (χ3n) is 3.02. The van der Waals surface area contributed by atoms with Gasteiger partial charge in [-0.2, -0.15) is 8.78 Å². The molecule has 0 bridgehead atoms. The third kappa shape index (κ3) is 3.94. The summed E-state index contributed by atoms with van der Waals surface area (Å²) in [4.78, 5) is 0. The number of benzene rings is 2. The molecule has 0 radical (unpaired) electrons. The van der Waals surface area contributed by atoms with Crippen LogP contribution in [0.3, 0.4) is 0 Å². The van der Waals surface area contributed by atoms with E-state index in [2.05, 4.69) is 15.9 Å². The van der Waals surface area contributed by atoms with Gasteiger partial charge in [-0.3, -0.25) is 0 Å². The van der Waals surface area contributed by atoms with Crippen molar-refractivity contribution >= 4 is 15.9 Å². The van der Waals surface area contributed by atoms with Crippen LogP contribution in [0.1, 0.15) is 11.1 Å². The van der Waals surface area contributed by atoms with Crippen LogP contribution >= 0.6 is 15.9 Å². The van der Waals surface area contributed by atoms with Crippen LogP contribution in [-0.4, -0.2) is 13.7 Å². The quantitative estimate of drug-likeness (QED) is 0.694. The van der Waals surface area contributed by atoms with Crippen molar-refractivity contribution in [3.05, 3.63) is 59.7 Å². The van der Waals surface area contributed by atoms with E-state index < -0.39 is 12.5 Å². The van der Waals surface area contributed by atoms with E-state index in [0.29, 0.717) is 16.8 Å². The molecule has 0 aliphatic heterocycles. The van der Waals surface area contributed by atoms with Crippen LogP contribution < -0.4 is 9.47 Å². The van der Waals surface area contributed by atoms with Crippen molar-refractivity contribution in [2.45, 2.75) is 11.3 Å². The van der Waals surface area contributed by atoms with E-state index in [-0.39, 0.29) is 5.56 Å². The molecule has 5 heteroatoms. The topological polar surface area (TPSA) is 18.5 Å². The van der Waals surface area contributed by atoms with Crippen molar-refractivity contribution < 1.29 is 18.3 Å². The van der Waals surface area contributed by atoms with Gasteiger partial charge in [0.1, 0.15) is 11.5 Å². The number of halogens is 3. The largest absolute Gasteiger partial charge is 0.497 e. The predicted octanol–water partition coefficient (Wildman–Crippen LogP) is 4.76. The summed E-state index contributed by atoms with van der Waals surface area (Å²) in [6.45, 7) is -0.718. The van der Waals surface area contributed by atoms with E-state index in [1.165, 1.54) is 19.2 Å². The summed E-state index contributed by atoms with van der Waals surface area (Å²) in [5.74, 6) is -2.09. The molecule has 0 atom stereocenters. The zero-order chi connectivity index (χ0) is 15.3. The second kappa shape index (κ2) is 6.89. The van der Waals surface area contributed by atoms with E-state index in [4.69, 9.17) is 9.47 Å². The van der Waals surface area contributed by atoms with Crippen LogP contribution in [0.5, 0.6) is 11.5 Å². The molecule has 2 aromatic carbocycles. The van der Waals surface area contributed by atoms with Gasteiger partial charge in [-0.15, -0.1) is 0 Å². The Morgan fingerprint density at radius 3 is 2.43 bits per heavy atom. The van der Waals surface area contributed by atoms with Crippen molar-refractivity contribution in [1.82, 2.24) is 0 Å². The molecule has 0 N–H and O–H groups in total. The number of methoxy groups -OCH3 is 1. The van der Waals surface area contributed by atoms with Crippen molar-refractivity contribution in [2.24, 2.45) is 0 Å². The van der Waals surface area contributed by atoms with Gasteiger partial charge in [0.15, 0.2) is 6.61 Å². The van der Waals surface area contributed by atoms with Gasteiger partial charge in [0.25, 0.3) is 0 Å². The Kier molecular flexibility index (Phi) is 5.17. The summed E-state index contributed by atoms with van der Waals surface area (Å²) in [5, 5.41) is 0.517. The summed E-state index contributed by atoms with van der Waals surface area (Å²) >= 11 is 3.31. The highest BCUT2D eigenvalue weighted by molar-refractivity contribution is 9.08. The highest BCUT2D eigenvalue weighted by Gasteiger charge is 2.32. The van der Waals surface area contributed by atoms with Gasteiger partial charge in [0.05, 0.1) is 7.11 Å². The van der Waals surface area contributed by atoms with Gasteiger partial charge < -0.3 is 9.47 Å². The summed E-state index contributed by atoms with van der Waals surface area (Å²) in [7, 11) is 1.52. The molecule has 2 nitrogen and oxygen atoms in total. The monoisotopic (exact) mass is 356 g/mol. The highest BCUT2D eigenvalue weighted by Crippen LogP contribution is 2.32. The third-order valence-corrected chi connectivity index (χ3v) is 3.63. The minimum absolute atomic E-state index is 0.0618. The second-order valence-electron chi connectivity index (χ2n) is 4.47. The first kappa shape index (κ1) is 15.8. The molecular formula is C16H15BrF2O2. The Balaban J connectivity index is 2.15. The molecular weight excluding hydrogens is 342 g/mol. The minimum Gasteiger partial charge on any atom is -0.497 e. The van der Waals surface area contributed by atoms with Crippen LogP contribution in [0.25, 0.3) is 0 Å². The standard InChI is InChI=1S/C16H15BrF2O2/c1-20-14-8-7-12(10-17)15(9-14)21-11-16(18,19)13-5-3-2-4-6-13/h2-9H,10-11H2,1H3. The van der Waals surface area contributed by atoms with E-state index in [0.717, 1.165) is 5.56 Å². The molecule has 0 amide bonds. The summed E-state index contributed by atoms with van der Waals surface area (Å²) in [5.41, 5.74) is 0.730. The molecule has 0 saturated carbocycles. The van der Waals surface area contributed by atoms with Crippen LogP contribution in [0.2, 0.25) is 0 Å². The van der Waals surface area contributed by atoms with E-state index >= 15 is 0 Å². The maximum Gasteiger partial charge on any atom is 0.306 e. The molecule has 2 rings (SSSR count). The summed E-state index contributed by atoms with van der Waals surface area (Å²) < 4.78 is 38.6. The van der Waals surface area contributed by atoms with Crippen LogP contribution in [0.4, 0.5) is 8.78 Å². The van der Waals surface area contributed by atoms with Gasteiger partial charge >= 0.3 is 5.92 Å². The maximum atomic E-state index is 14.1. The van der Waals surface area contributed by atoms with Gasteiger partial charge in [-0.25, -0.2) is 0 Å². The van der Waals surface area contributed by atoms with Crippen LogP contribution in [-0.2, 0) is 11.3 Å². The molecule has 0 fully saturated rings. The lowest BCUT2D eigenvalue weighted by molar-refractivity contribution is -0.0469. The lowest BCUT2D eigenvalue weighted by atomic mass is 10.1. The lowest BCUT2D eigenvalue weighted by Gasteiger charge is -2.19. The first-order chi connectivity index (χ1) is 10.1. The van der Waals surface area contributed by atoms with Crippen molar-refractivity contribution in [2.75, 3.05) is 13.7 Å². The molecule has 21 heavy (non-hydrogen) atoms. The van der Waals surface area contributed by atoms with Gasteiger partial charge in [0.2, 0.25) is 0 Å². The molecule has 0 aromatic heterocycles. The van der Waals surface area contributed by atoms with Crippen LogP contribution in [0.15, 0.2) is 48.5 Å². The maximum absolute atomic E-state index is 14.1. The first-order valence-corrected chi connectivity index (χ1v) is 7.48. The van der Waals surface area contributed by atoms with Gasteiger partial charge in [0, 0.05) is 22.5 Å². The van der Waals surface area contributed by atoms with E-state index in [1.54, 1.807) is 36.4 Å². The van der Waals surface area contributed by atoms with E-state index in [1.807, 2.05) is 0 Å². The van der Waals surface area contributed by atoms with Crippen LogP contribution in [0, 0.1) is 0 Å². The van der Waals surface area contributed by atoms with Gasteiger partial charge in [-0.05, 0) is 6.07 Å². The molecule has 0 aliphatic carbocycles. The number of hydrogen-bond acceptors (Lipinski definition) is 2. The normalized spacial score (nSPS) is 11.2. The number of hydrogen-bond donors (Lipinski definition) is 0. The molecule has 0 unspecified atom stereocenters. The number of alkyl halides is 3. The average molecular weight is 357 g/mol. The Labute approximate surface area is 130 Å². The van der Waals surface area contributed by atoms with Crippen molar-refractivity contribution in [3.8, 4) is 11.5 Å². The predicted molar refractivity (Wildman–Crippen MR) is 81.5 cm³/mol. The first-order valence-electron chi connectivity index (χ1n) is 6.36. The van der Waals surface area contributed by atoms with Crippen molar-refractivity contribution in [1.29, 1.82) is 0 Å². The Morgan fingerprint density at radius 2 is 1.81 bits per heavy atom. The molecule has 0 saturated heterocycles. The fourth-order valence-corrected chi connectivity index (χ4v) is 2.30. The summed E-state index contributed by atoms with van der Waals surface area (Å²) in [6.07, 6.45) is 0. The Bertz CT molecular complexity index is 588. The Morgan fingerprint density at radius 1 is 1.10 bits per heavy atom. The zero-order valence-electron chi connectivity index (χ0n) is 11.5. The molecule has 2 aromatic rings. The number of rotatable bonds is 6. The Hall–Kier alpha value is -1.62.